The van der Waals surface area contributed by atoms with Crippen LogP contribution in [0.4, 0.5) is 0 Å². The molecule has 0 saturated carbocycles. The predicted molar refractivity (Wildman–Crippen MR) is 63.5 cm³/mol. The second kappa shape index (κ2) is 5.16. The summed E-state index contributed by atoms with van der Waals surface area (Å²) in [5.41, 5.74) is 0.591. The van der Waals surface area contributed by atoms with Gasteiger partial charge in [-0.15, -0.1) is 0 Å². The summed E-state index contributed by atoms with van der Waals surface area (Å²) in [7, 11) is 0. The zero-order valence-corrected chi connectivity index (χ0v) is 10.5. The van der Waals surface area contributed by atoms with Crippen molar-refractivity contribution in [3.05, 3.63) is 0 Å². The molecule has 0 aromatic rings. The molecule has 1 rings (SSSR count). The number of likely N-dealkylation sites (tertiary alicyclic amines) is 1. The highest BCUT2D eigenvalue weighted by Gasteiger charge is 2.29. The molecule has 84 valence electrons. The van der Waals surface area contributed by atoms with Crippen molar-refractivity contribution in [1.82, 2.24) is 4.90 Å². The molecule has 1 aliphatic rings. The first-order chi connectivity index (χ1) is 6.58. The van der Waals surface area contributed by atoms with E-state index in [2.05, 4.69) is 32.6 Å². The normalized spacial score (nSPS) is 31.5. The molecule has 1 unspecified atom stereocenters. The summed E-state index contributed by atoms with van der Waals surface area (Å²) >= 11 is 0. The molecule has 1 atom stereocenters. The molecule has 0 bridgehead atoms. The van der Waals surface area contributed by atoms with E-state index in [1.165, 1.54) is 45.3 Å². The molecule has 0 aliphatic carbocycles. The predicted octanol–water partition coefficient (Wildman–Crippen LogP) is 3.54. The van der Waals surface area contributed by atoms with Gasteiger partial charge in [0.1, 0.15) is 0 Å². The van der Waals surface area contributed by atoms with E-state index in [0.29, 0.717) is 5.41 Å². The van der Waals surface area contributed by atoms with E-state index in [1.54, 1.807) is 0 Å². The van der Waals surface area contributed by atoms with Crippen LogP contribution in [0.2, 0.25) is 0 Å². The lowest BCUT2D eigenvalue weighted by Gasteiger charge is -2.38. The molecular weight excluding hydrogens is 170 g/mol. The maximum Gasteiger partial charge on any atom is -0.00136 e. The van der Waals surface area contributed by atoms with Crippen LogP contribution in [0, 0.1) is 11.3 Å². The van der Waals surface area contributed by atoms with Gasteiger partial charge in [0.05, 0.1) is 0 Å². The molecular formula is C13H27N. The monoisotopic (exact) mass is 197 g/mol. The van der Waals surface area contributed by atoms with Gasteiger partial charge in [0.15, 0.2) is 0 Å². The quantitative estimate of drug-likeness (QED) is 0.654. The van der Waals surface area contributed by atoms with Gasteiger partial charge in [-0.25, -0.2) is 0 Å². The average molecular weight is 197 g/mol. The molecule has 1 aliphatic heterocycles. The van der Waals surface area contributed by atoms with E-state index < -0.39 is 0 Å². The summed E-state index contributed by atoms with van der Waals surface area (Å²) in [6.07, 6.45) is 5.64. The summed E-state index contributed by atoms with van der Waals surface area (Å²) in [5.74, 6) is 0.833. The van der Waals surface area contributed by atoms with Crippen LogP contribution in [-0.2, 0) is 0 Å². The van der Waals surface area contributed by atoms with Crippen molar-refractivity contribution >= 4 is 0 Å². The van der Waals surface area contributed by atoms with Crippen molar-refractivity contribution < 1.29 is 0 Å². The minimum Gasteiger partial charge on any atom is -0.304 e. The van der Waals surface area contributed by atoms with Crippen molar-refractivity contribution in [1.29, 1.82) is 0 Å². The molecule has 0 spiro atoms. The SMILES string of the molecule is CCN1CCCCC(C)(C(C)C)CC1. The number of nitrogens with zero attached hydrogens (tertiary/aromatic N) is 1. The van der Waals surface area contributed by atoms with Gasteiger partial charge in [0.25, 0.3) is 0 Å². The third kappa shape index (κ3) is 2.98. The Kier molecular flexibility index (Phi) is 4.43. The van der Waals surface area contributed by atoms with Crippen LogP contribution >= 0.6 is 0 Å². The zero-order valence-electron chi connectivity index (χ0n) is 10.5. The fourth-order valence-electron chi connectivity index (χ4n) is 2.41. The Morgan fingerprint density at radius 2 is 1.86 bits per heavy atom. The third-order valence-electron chi connectivity index (χ3n) is 4.31. The Labute approximate surface area is 89.9 Å². The lowest BCUT2D eigenvalue weighted by molar-refractivity contribution is 0.121. The summed E-state index contributed by atoms with van der Waals surface area (Å²) in [6, 6.07) is 0. The van der Waals surface area contributed by atoms with Crippen LogP contribution in [0.3, 0.4) is 0 Å². The Bertz CT molecular complexity index is 165. The van der Waals surface area contributed by atoms with Gasteiger partial charge < -0.3 is 4.90 Å². The first kappa shape index (κ1) is 12.0. The van der Waals surface area contributed by atoms with Crippen molar-refractivity contribution in [3.8, 4) is 0 Å². The second-order valence-electron chi connectivity index (χ2n) is 5.45. The van der Waals surface area contributed by atoms with Gasteiger partial charge in [-0.2, -0.15) is 0 Å². The van der Waals surface area contributed by atoms with E-state index in [9.17, 15) is 0 Å². The molecule has 1 saturated heterocycles. The molecule has 0 amide bonds. The topological polar surface area (TPSA) is 3.24 Å². The summed E-state index contributed by atoms with van der Waals surface area (Å²) in [5, 5.41) is 0. The van der Waals surface area contributed by atoms with Gasteiger partial charge in [-0.3, -0.25) is 0 Å². The van der Waals surface area contributed by atoms with E-state index in [1.807, 2.05) is 0 Å². The fourth-order valence-corrected chi connectivity index (χ4v) is 2.41. The van der Waals surface area contributed by atoms with Crippen LogP contribution in [0.5, 0.6) is 0 Å². The summed E-state index contributed by atoms with van der Waals surface area (Å²) < 4.78 is 0. The average Bonchev–Trinajstić information content (AvgIpc) is 2.12. The minimum absolute atomic E-state index is 0.591. The minimum atomic E-state index is 0.591. The summed E-state index contributed by atoms with van der Waals surface area (Å²) in [6.45, 7) is 13.4. The van der Waals surface area contributed by atoms with Crippen molar-refractivity contribution in [2.75, 3.05) is 19.6 Å². The molecule has 0 radical (unpaired) electrons. The fraction of sp³-hybridized carbons (Fsp3) is 1.00. The van der Waals surface area contributed by atoms with Crippen molar-refractivity contribution in [2.45, 2.75) is 53.4 Å². The molecule has 0 N–H and O–H groups in total. The number of hydrogen-bond acceptors (Lipinski definition) is 1. The van der Waals surface area contributed by atoms with Gasteiger partial charge in [-0.1, -0.05) is 34.1 Å². The van der Waals surface area contributed by atoms with Crippen molar-refractivity contribution in [2.24, 2.45) is 11.3 Å². The van der Waals surface area contributed by atoms with E-state index in [4.69, 9.17) is 0 Å². The Morgan fingerprint density at radius 3 is 2.43 bits per heavy atom. The van der Waals surface area contributed by atoms with Gasteiger partial charge in [0.2, 0.25) is 0 Å². The van der Waals surface area contributed by atoms with Crippen molar-refractivity contribution in [3.63, 3.8) is 0 Å². The first-order valence-electron chi connectivity index (χ1n) is 6.31. The van der Waals surface area contributed by atoms with Crippen LogP contribution in [0.25, 0.3) is 0 Å². The largest absolute Gasteiger partial charge is 0.304 e. The Morgan fingerprint density at radius 1 is 1.14 bits per heavy atom. The van der Waals surface area contributed by atoms with Crippen LogP contribution in [-0.4, -0.2) is 24.5 Å². The molecule has 1 heteroatoms. The van der Waals surface area contributed by atoms with Gasteiger partial charge in [0, 0.05) is 0 Å². The van der Waals surface area contributed by atoms with E-state index >= 15 is 0 Å². The Balaban J connectivity index is 2.54. The molecule has 0 aromatic carbocycles. The molecule has 1 heterocycles. The number of rotatable bonds is 2. The molecule has 0 aromatic heterocycles. The van der Waals surface area contributed by atoms with Gasteiger partial charge in [-0.05, 0) is 50.2 Å². The Hall–Kier alpha value is -0.0400. The summed E-state index contributed by atoms with van der Waals surface area (Å²) in [4.78, 5) is 2.61. The molecule has 14 heavy (non-hydrogen) atoms. The highest BCUT2D eigenvalue weighted by Crippen LogP contribution is 2.37. The van der Waals surface area contributed by atoms with E-state index in [-0.39, 0.29) is 0 Å². The molecule has 1 nitrogen and oxygen atoms in total. The lowest BCUT2D eigenvalue weighted by Crippen LogP contribution is -2.35. The second-order valence-corrected chi connectivity index (χ2v) is 5.45. The van der Waals surface area contributed by atoms with E-state index in [0.717, 1.165) is 5.92 Å². The number of hydrogen-bond donors (Lipinski definition) is 0. The maximum atomic E-state index is 2.61. The van der Waals surface area contributed by atoms with Crippen LogP contribution in [0.15, 0.2) is 0 Å². The highest BCUT2D eigenvalue weighted by molar-refractivity contribution is 4.81. The van der Waals surface area contributed by atoms with Gasteiger partial charge >= 0.3 is 0 Å². The zero-order chi connectivity index (χ0) is 10.6. The van der Waals surface area contributed by atoms with Crippen LogP contribution in [0.1, 0.15) is 53.4 Å². The smallest absolute Gasteiger partial charge is 0.00136 e. The third-order valence-corrected chi connectivity index (χ3v) is 4.31. The molecule has 1 fully saturated rings. The highest BCUT2D eigenvalue weighted by atomic mass is 15.1. The first-order valence-corrected chi connectivity index (χ1v) is 6.31. The standard InChI is InChI=1S/C13H27N/c1-5-14-10-7-6-8-13(4,9-11-14)12(2)3/h12H,5-11H2,1-4H3. The lowest BCUT2D eigenvalue weighted by atomic mass is 9.72. The van der Waals surface area contributed by atoms with Crippen LogP contribution < -0.4 is 0 Å². The maximum absolute atomic E-state index is 2.61.